The Hall–Kier alpha value is -1.75. The number of hydrogen-bond donors (Lipinski definition) is 3. The summed E-state index contributed by atoms with van der Waals surface area (Å²) in [4.78, 5) is 13.8. The first-order chi connectivity index (χ1) is 12.7. The molecule has 0 unspecified atom stereocenters. The number of nitrogens with zero attached hydrogens (tertiary/aromatic N) is 1. The van der Waals surface area contributed by atoms with Crippen LogP contribution >= 0.6 is 0 Å². The van der Waals surface area contributed by atoms with Crippen LogP contribution in [0.3, 0.4) is 0 Å². The minimum Gasteiger partial charge on any atom is -0.478 e. The molecule has 5 heteroatoms. The Morgan fingerprint density at radius 2 is 1.58 bits per heavy atom. The van der Waals surface area contributed by atoms with Gasteiger partial charge >= 0.3 is 5.97 Å². The summed E-state index contributed by atoms with van der Waals surface area (Å²) in [6, 6.07) is 3.71. The van der Waals surface area contributed by atoms with E-state index in [0.29, 0.717) is 6.61 Å². The molecule has 1 aromatic rings. The van der Waals surface area contributed by atoms with Gasteiger partial charge in [0.1, 0.15) is 0 Å². The number of aliphatic hydroxyl groups is 1. The molecule has 0 saturated heterocycles. The summed E-state index contributed by atoms with van der Waals surface area (Å²) >= 11 is 0. The molecule has 0 aromatic carbocycles. The lowest BCUT2D eigenvalue weighted by molar-refractivity contribution is -0.131. The van der Waals surface area contributed by atoms with Crippen LogP contribution in [0.1, 0.15) is 77.0 Å². The molecule has 3 N–H and O–H groups in total. The van der Waals surface area contributed by atoms with E-state index < -0.39 is 5.97 Å². The van der Waals surface area contributed by atoms with Crippen LogP contribution in [0.25, 0.3) is 5.32 Å². The molecular weight excluding hydrogens is 328 g/mol. The molecule has 0 amide bonds. The molecule has 0 aliphatic rings. The van der Waals surface area contributed by atoms with Gasteiger partial charge < -0.3 is 20.5 Å². The predicted octanol–water partition coefficient (Wildman–Crippen LogP) is 5.70. The van der Waals surface area contributed by atoms with Gasteiger partial charge in [0, 0.05) is 12.7 Å². The number of carbonyl (C=O) groups is 1. The van der Waals surface area contributed by atoms with Crippen molar-refractivity contribution < 1.29 is 15.0 Å². The highest BCUT2D eigenvalue weighted by atomic mass is 16.4. The standard InChI is InChI=1S/C21H35N2O3/c24-18-11-9-7-5-3-1-2-4-6-8-10-13-19(15-16-21(25)26)23-20-14-12-17-22-20/h12,14-17,19,22,24H,1-11,13,18H2,(H,25,26)/q-1/b16-15+/t19-/m0/s1. The van der Waals surface area contributed by atoms with Crippen LogP contribution in [0.4, 0.5) is 5.82 Å². The SMILES string of the molecule is O=C(O)/C=C/[C@H](CCCCCCCCCCCCCO)[N-]c1ccc[nH]1. The fraction of sp³-hybridized carbons (Fsp3) is 0.667. The molecule has 5 nitrogen and oxygen atoms in total. The molecular formula is C21H35N2O3-. The number of aliphatic carboxylic acids is 1. The molecule has 1 rings (SSSR count). The van der Waals surface area contributed by atoms with Crippen molar-refractivity contribution in [1.82, 2.24) is 4.98 Å². The van der Waals surface area contributed by atoms with Gasteiger partial charge in [-0.2, -0.15) is 0 Å². The number of hydrogen-bond acceptors (Lipinski definition) is 2. The third-order valence-corrected chi connectivity index (χ3v) is 4.51. The summed E-state index contributed by atoms with van der Waals surface area (Å²) < 4.78 is 0. The Labute approximate surface area is 157 Å². The maximum absolute atomic E-state index is 10.7. The van der Waals surface area contributed by atoms with E-state index in [1.165, 1.54) is 57.4 Å². The number of carboxylic acids is 1. The van der Waals surface area contributed by atoms with Crippen molar-refractivity contribution in [3.8, 4) is 0 Å². The second-order valence-electron chi connectivity index (χ2n) is 6.85. The monoisotopic (exact) mass is 363 g/mol. The van der Waals surface area contributed by atoms with Gasteiger partial charge in [0.2, 0.25) is 0 Å². The molecule has 0 radical (unpaired) electrons. The van der Waals surface area contributed by atoms with Gasteiger partial charge in [-0.05, 0) is 18.9 Å². The van der Waals surface area contributed by atoms with E-state index in [1.54, 1.807) is 6.08 Å². The van der Waals surface area contributed by atoms with Crippen LogP contribution in [0, 0.1) is 0 Å². The van der Waals surface area contributed by atoms with Crippen LogP contribution < -0.4 is 0 Å². The predicted molar refractivity (Wildman–Crippen MR) is 107 cm³/mol. The number of unbranched alkanes of at least 4 members (excludes halogenated alkanes) is 10. The number of nitrogens with one attached hydrogen (secondary N) is 1. The fourth-order valence-electron chi connectivity index (χ4n) is 3.03. The smallest absolute Gasteiger partial charge is 0.327 e. The van der Waals surface area contributed by atoms with Crippen LogP contribution in [-0.2, 0) is 4.79 Å². The molecule has 0 fully saturated rings. The Morgan fingerprint density at radius 3 is 2.08 bits per heavy atom. The highest BCUT2D eigenvalue weighted by Crippen LogP contribution is 2.23. The number of aliphatic hydroxyl groups excluding tert-OH is 1. The third-order valence-electron chi connectivity index (χ3n) is 4.51. The zero-order chi connectivity index (χ0) is 18.9. The molecule has 1 aromatic heterocycles. The lowest BCUT2D eigenvalue weighted by atomic mass is 10.0. The largest absolute Gasteiger partial charge is 0.478 e. The van der Waals surface area contributed by atoms with Crippen molar-refractivity contribution >= 4 is 11.8 Å². The van der Waals surface area contributed by atoms with E-state index in [1.807, 2.05) is 18.3 Å². The van der Waals surface area contributed by atoms with Gasteiger partial charge in [0.15, 0.2) is 0 Å². The molecule has 148 valence electrons. The third kappa shape index (κ3) is 12.6. The van der Waals surface area contributed by atoms with Crippen LogP contribution in [0.2, 0.25) is 0 Å². The van der Waals surface area contributed by atoms with Crippen molar-refractivity contribution in [1.29, 1.82) is 0 Å². The maximum atomic E-state index is 10.7. The van der Waals surface area contributed by atoms with E-state index in [9.17, 15) is 4.79 Å². The normalized spacial score (nSPS) is 12.5. The van der Waals surface area contributed by atoms with Crippen LogP contribution in [-0.4, -0.2) is 33.8 Å². The number of carboxylic acid groups (broad SMARTS) is 1. The van der Waals surface area contributed by atoms with Crippen molar-refractivity contribution in [2.75, 3.05) is 6.61 Å². The summed E-state index contributed by atoms with van der Waals surface area (Å²) in [7, 11) is 0. The summed E-state index contributed by atoms with van der Waals surface area (Å²) in [5.41, 5.74) is 0. The minimum atomic E-state index is -0.923. The lowest BCUT2D eigenvalue weighted by Crippen LogP contribution is -2.03. The highest BCUT2D eigenvalue weighted by molar-refractivity contribution is 5.80. The van der Waals surface area contributed by atoms with Crippen molar-refractivity contribution in [2.24, 2.45) is 0 Å². The molecule has 1 atom stereocenters. The van der Waals surface area contributed by atoms with Gasteiger partial charge in [-0.15, -0.1) is 0 Å². The molecule has 0 bridgehead atoms. The lowest BCUT2D eigenvalue weighted by Gasteiger charge is -2.21. The van der Waals surface area contributed by atoms with Gasteiger partial charge in [0.25, 0.3) is 0 Å². The van der Waals surface area contributed by atoms with E-state index in [-0.39, 0.29) is 6.04 Å². The summed E-state index contributed by atoms with van der Waals surface area (Å²) in [6.07, 6.45) is 18.9. The quantitative estimate of drug-likeness (QED) is 0.245. The van der Waals surface area contributed by atoms with Crippen LogP contribution in [0.5, 0.6) is 0 Å². The fourth-order valence-corrected chi connectivity index (χ4v) is 3.03. The van der Waals surface area contributed by atoms with E-state index in [2.05, 4.69) is 10.3 Å². The van der Waals surface area contributed by atoms with Crippen molar-refractivity contribution in [3.63, 3.8) is 0 Å². The first-order valence-electron chi connectivity index (χ1n) is 10.1. The Balaban J connectivity index is 2.04. The van der Waals surface area contributed by atoms with Gasteiger partial charge in [-0.25, -0.2) is 4.79 Å². The second-order valence-corrected chi connectivity index (χ2v) is 6.85. The van der Waals surface area contributed by atoms with E-state index >= 15 is 0 Å². The van der Waals surface area contributed by atoms with E-state index in [4.69, 9.17) is 10.2 Å². The number of aromatic nitrogens is 1. The Morgan fingerprint density at radius 1 is 1.00 bits per heavy atom. The zero-order valence-corrected chi connectivity index (χ0v) is 15.9. The highest BCUT2D eigenvalue weighted by Gasteiger charge is 2.01. The number of rotatable bonds is 17. The summed E-state index contributed by atoms with van der Waals surface area (Å²) in [5, 5.41) is 22.1. The summed E-state index contributed by atoms with van der Waals surface area (Å²) in [6.45, 7) is 0.325. The molecule has 0 spiro atoms. The average molecular weight is 364 g/mol. The number of H-pyrrole nitrogens is 1. The number of aromatic amines is 1. The minimum absolute atomic E-state index is 0.0799. The molecule has 0 aliphatic carbocycles. The molecule has 0 aliphatic heterocycles. The summed E-state index contributed by atoms with van der Waals surface area (Å²) in [5.74, 6) is -0.128. The Bertz CT molecular complexity index is 472. The van der Waals surface area contributed by atoms with Gasteiger partial charge in [0.05, 0.1) is 0 Å². The first-order valence-corrected chi connectivity index (χ1v) is 10.1. The molecule has 26 heavy (non-hydrogen) atoms. The zero-order valence-electron chi connectivity index (χ0n) is 15.9. The topological polar surface area (TPSA) is 87.4 Å². The maximum Gasteiger partial charge on any atom is 0.327 e. The van der Waals surface area contributed by atoms with E-state index in [0.717, 1.165) is 31.5 Å². The van der Waals surface area contributed by atoms with Crippen molar-refractivity contribution in [3.05, 3.63) is 35.8 Å². The average Bonchev–Trinajstić information content (AvgIpc) is 3.13. The Kier molecular flexibility index (Phi) is 13.3. The van der Waals surface area contributed by atoms with Gasteiger partial charge in [-0.1, -0.05) is 94.4 Å². The van der Waals surface area contributed by atoms with Crippen LogP contribution in [0.15, 0.2) is 30.5 Å². The molecule has 0 saturated carbocycles. The van der Waals surface area contributed by atoms with Gasteiger partial charge in [-0.3, -0.25) is 0 Å². The molecule has 1 heterocycles. The first kappa shape index (κ1) is 22.3. The second kappa shape index (κ2) is 15.5. The van der Waals surface area contributed by atoms with Crippen molar-refractivity contribution in [2.45, 2.75) is 83.1 Å².